The average molecular weight is 533 g/mol. The van der Waals surface area contributed by atoms with Crippen molar-refractivity contribution in [1.29, 1.82) is 0 Å². The second-order valence-corrected chi connectivity index (χ2v) is 13.5. The maximum Gasteiger partial charge on any atom is 0.518 e. The van der Waals surface area contributed by atoms with E-state index < -0.39 is 33.3 Å². The fourth-order valence-electron chi connectivity index (χ4n) is 8.17. The summed E-state index contributed by atoms with van der Waals surface area (Å²) in [6.45, 7) is 5.83. The van der Waals surface area contributed by atoms with Gasteiger partial charge in [0.25, 0.3) is 0 Å². The van der Waals surface area contributed by atoms with E-state index in [0.29, 0.717) is 38.5 Å². The van der Waals surface area contributed by atoms with E-state index in [0.717, 1.165) is 0 Å². The molecule has 0 heterocycles. The third-order valence-electron chi connectivity index (χ3n) is 10.2. The van der Waals surface area contributed by atoms with E-state index in [1.807, 2.05) is 13.8 Å². The molecule has 4 aliphatic carbocycles. The van der Waals surface area contributed by atoms with Crippen LogP contribution in [0.2, 0.25) is 0 Å². The summed E-state index contributed by atoms with van der Waals surface area (Å²) in [5.74, 6) is -1.93. The number of hydrogen-bond donors (Lipinski definition) is 0. The van der Waals surface area contributed by atoms with Gasteiger partial charge in [-0.25, -0.2) is 0 Å². The second-order valence-electron chi connectivity index (χ2n) is 11.9. The Balaban J connectivity index is 1.52. The lowest BCUT2D eigenvalue weighted by molar-refractivity contribution is -0.218. The van der Waals surface area contributed by atoms with Crippen LogP contribution < -0.4 is 5.11 Å². The first-order chi connectivity index (χ1) is 16.5. The van der Waals surface area contributed by atoms with Gasteiger partial charge in [0.1, 0.15) is 17.3 Å². The number of carbonyl (C=O) groups is 3. The monoisotopic (exact) mass is 532 g/mol. The number of rotatable bonds is 5. The van der Waals surface area contributed by atoms with Gasteiger partial charge < -0.3 is 5.11 Å². The molecule has 0 aliphatic heterocycles. The molecular weight excluding hydrogens is 499 g/mol. The van der Waals surface area contributed by atoms with Crippen molar-refractivity contribution in [1.82, 2.24) is 0 Å². The van der Waals surface area contributed by atoms with E-state index in [2.05, 4.69) is 11.3 Å². The third-order valence-corrected chi connectivity index (χ3v) is 11.3. The number of nitrogens with zero attached hydrogens (tertiary/aromatic N) is 1. The highest BCUT2D eigenvalue weighted by atomic mass is 32.2. The van der Waals surface area contributed by atoms with Crippen molar-refractivity contribution in [2.75, 3.05) is 0 Å². The number of sulfonamides is 1. The largest absolute Gasteiger partial charge is 0.861 e. The van der Waals surface area contributed by atoms with Crippen molar-refractivity contribution in [3.63, 3.8) is 0 Å². The maximum absolute atomic E-state index is 13.7. The molecule has 0 radical (unpaired) electrons. The molecular formula is C25H33F3NO6S-. The molecule has 4 aliphatic rings. The Labute approximate surface area is 209 Å². The summed E-state index contributed by atoms with van der Waals surface area (Å²) in [7, 11) is -5.88. The van der Waals surface area contributed by atoms with Crippen LogP contribution in [0.4, 0.5) is 13.2 Å². The summed E-state index contributed by atoms with van der Waals surface area (Å²) in [6.07, 6.45) is 3.13. The van der Waals surface area contributed by atoms with Crippen LogP contribution in [0.1, 0.15) is 78.6 Å². The predicted molar refractivity (Wildman–Crippen MR) is 122 cm³/mol. The molecule has 0 saturated heterocycles. The van der Waals surface area contributed by atoms with Gasteiger partial charge in [-0.15, -0.1) is 0 Å². The molecule has 7 nitrogen and oxygen atoms in total. The molecule has 11 heteroatoms. The molecule has 0 aromatic heterocycles. The Kier molecular flexibility index (Phi) is 6.75. The fourth-order valence-corrected chi connectivity index (χ4v) is 8.64. The number of halogens is 3. The number of ketones is 3. The zero-order valence-corrected chi connectivity index (χ0v) is 21.6. The van der Waals surface area contributed by atoms with Crippen molar-refractivity contribution in [2.45, 2.75) is 84.1 Å². The molecule has 8 atom stereocenters. The molecule has 0 spiro atoms. The van der Waals surface area contributed by atoms with Gasteiger partial charge in [-0.3, -0.25) is 14.4 Å². The number of hydrogen-bond acceptors (Lipinski definition) is 6. The van der Waals surface area contributed by atoms with Crippen molar-refractivity contribution in [2.24, 2.45) is 50.7 Å². The molecule has 0 aromatic rings. The summed E-state index contributed by atoms with van der Waals surface area (Å²) in [4.78, 5) is 39.2. The summed E-state index contributed by atoms with van der Waals surface area (Å²) in [5.41, 5.74) is -6.65. The molecule has 4 rings (SSSR count). The van der Waals surface area contributed by atoms with Crippen molar-refractivity contribution >= 4 is 33.3 Å². The van der Waals surface area contributed by atoms with E-state index in [4.69, 9.17) is 0 Å². The van der Waals surface area contributed by atoms with Gasteiger partial charge in [-0.2, -0.15) is 26.0 Å². The Morgan fingerprint density at radius 3 is 2.42 bits per heavy atom. The summed E-state index contributed by atoms with van der Waals surface area (Å²) >= 11 is 0. The van der Waals surface area contributed by atoms with Crippen LogP contribution in [0.3, 0.4) is 0 Å². The van der Waals surface area contributed by atoms with Crippen LogP contribution in [-0.4, -0.2) is 37.2 Å². The second kappa shape index (κ2) is 8.91. The molecule has 4 fully saturated rings. The van der Waals surface area contributed by atoms with Crippen LogP contribution in [0.5, 0.6) is 0 Å². The molecule has 0 unspecified atom stereocenters. The molecule has 0 bridgehead atoms. The van der Waals surface area contributed by atoms with Crippen LogP contribution >= 0.6 is 0 Å². The summed E-state index contributed by atoms with van der Waals surface area (Å²) in [6, 6.07) is 0. The quantitative estimate of drug-likeness (QED) is 0.394. The van der Waals surface area contributed by atoms with Gasteiger partial charge in [-0.05, 0) is 73.0 Å². The van der Waals surface area contributed by atoms with Crippen LogP contribution in [0.25, 0.3) is 0 Å². The van der Waals surface area contributed by atoms with E-state index in [9.17, 15) is 41.1 Å². The zero-order valence-electron chi connectivity index (χ0n) is 20.8. The van der Waals surface area contributed by atoms with E-state index >= 15 is 0 Å². The van der Waals surface area contributed by atoms with E-state index in [1.165, 1.54) is 0 Å². The summed E-state index contributed by atoms with van der Waals surface area (Å²) < 4.78 is 62.2. The Bertz CT molecular complexity index is 1100. The minimum Gasteiger partial charge on any atom is -0.861 e. The maximum atomic E-state index is 13.7. The molecule has 0 amide bonds. The van der Waals surface area contributed by atoms with Crippen molar-refractivity contribution in [3.05, 3.63) is 0 Å². The Hall–Kier alpha value is -1.78. The van der Waals surface area contributed by atoms with Crippen LogP contribution in [0.15, 0.2) is 4.40 Å². The van der Waals surface area contributed by atoms with Gasteiger partial charge >= 0.3 is 15.5 Å². The van der Waals surface area contributed by atoms with Gasteiger partial charge in [-0.1, -0.05) is 20.8 Å². The molecule has 0 N–H and O–H groups in total. The van der Waals surface area contributed by atoms with Crippen LogP contribution in [-0.2, 0) is 24.4 Å². The van der Waals surface area contributed by atoms with E-state index in [-0.39, 0.29) is 71.1 Å². The molecule has 4 saturated carbocycles. The first-order valence-electron chi connectivity index (χ1n) is 12.7. The highest BCUT2D eigenvalue weighted by Crippen LogP contribution is 2.66. The molecule has 36 heavy (non-hydrogen) atoms. The van der Waals surface area contributed by atoms with Crippen molar-refractivity contribution < 1.29 is 41.1 Å². The minimum atomic E-state index is -5.88. The van der Waals surface area contributed by atoms with Gasteiger partial charge in [0.15, 0.2) is 0 Å². The highest BCUT2D eigenvalue weighted by molar-refractivity contribution is 7.91. The molecule has 202 valence electrons. The average Bonchev–Trinajstić information content (AvgIpc) is 3.11. The highest BCUT2D eigenvalue weighted by Gasteiger charge is 2.66. The van der Waals surface area contributed by atoms with Crippen LogP contribution in [0, 0.1) is 46.3 Å². The first kappa shape index (κ1) is 27.3. The SMILES string of the molecule is C[C@H](CC/C([O-])=N/S(=O)(=O)C(F)(F)F)[C@H]1CC[C@H]2[C@@H]3C(=O)C[C@@H]4CC(=O)CC[C@]4(C)[C@H]3CC(=O)[C@]12C. The molecule has 0 aromatic carbocycles. The first-order valence-corrected chi connectivity index (χ1v) is 14.1. The zero-order chi connectivity index (χ0) is 26.8. The Morgan fingerprint density at radius 1 is 1.11 bits per heavy atom. The topological polar surface area (TPSA) is 121 Å². The standard InChI is InChI=1S/C25H34F3NO6S/c1-13(4-7-21(33)29-36(34,35)25(26,27)28)16-5-6-17-22-18(12-20(32)24(16,17)3)23(2)9-8-15(30)10-14(23)11-19(22)31/h13-14,16-18,22H,4-12H2,1-3H3,(H,29,33)/p-1/t13-,14+,16-,17+,18+,22+,23+,24-/m1/s1. The lowest BCUT2D eigenvalue weighted by Crippen LogP contribution is -2.60. The van der Waals surface area contributed by atoms with Gasteiger partial charge in [0.2, 0.25) is 0 Å². The predicted octanol–water partition coefficient (Wildman–Crippen LogP) is 3.60. The number of alkyl halides is 3. The lowest BCUT2D eigenvalue weighted by atomic mass is 9.44. The fraction of sp³-hybridized carbons (Fsp3) is 0.840. The lowest BCUT2D eigenvalue weighted by Gasteiger charge is -2.58. The Morgan fingerprint density at radius 2 is 1.78 bits per heavy atom. The van der Waals surface area contributed by atoms with Gasteiger partial charge in [0.05, 0.1) is 0 Å². The van der Waals surface area contributed by atoms with Gasteiger partial charge in [0, 0.05) is 37.0 Å². The number of Topliss-reactive ketones (excluding diaryl/α,β-unsaturated/α-hetero) is 3. The number of carbonyl (C=O) groups excluding carboxylic acids is 3. The number of fused-ring (bicyclic) bond motifs is 5. The van der Waals surface area contributed by atoms with E-state index in [1.54, 1.807) is 0 Å². The normalized spacial score (nSPS) is 40.4. The smallest absolute Gasteiger partial charge is 0.518 e. The third kappa shape index (κ3) is 4.22. The summed E-state index contributed by atoms with van der Waals surface area (Å²) in [5, 5.41) is 11.9. The minimum absolute atomic E-state index is 0.0245. The van der Waals surface area contributed by atoms with Crippen molar-refractivity contribution in [3.8, 4) is 0 Å².